The number of nitrogens with one attached hydrogen (secondary N) is 2. The van der Waals surface area contributed by atoms with E-state index in [1.165, 1.54) is 22.7 Å². The predicted molar refractivity (Wildman–Crippen MR) is 124 cm³/mol. The summed E-state index contributed by atoms with van der Waals surface area (Å²) in [7, 11) is 0. The van der Waals surface area contributed by atoms with Gasteiger partial charge in [0.05, 0.1) is 10.7 Å². The number of hydrogen-bond acceptors (Lipinski definition) is 4. The number of carbonyl (C=O) groups is 2. The quantitative estimate of drug-likeness (QED) is 0.461. The minimum atomic E-state index is -0.256. The Morgan fingerprint density at radius 3 is 2.55 bits per heavy atom. The molecule has 154 valence electrons. The second-order valence-electron chi connectivity index (χ2n) is 7.68. The van der Waals surface area contributed by atoms with E-state index in [9.17, 15) is 9.59 Å². The number of nitrogens with zero attached hydrogens (tertiary/aromatic N) is 1. The Morgan fingerprint density at radius 1 is 0.903 bits per heavy atom. The molecular formula is C25H21N3O2S. The maximum absolute atomic E-state index is 12.8. The standard InChI is InChI=1S/C25H21N3O2S/c29-24(27-21-10-5-7-16-6-1-2-8-19(16)21)17-12-14-18(15-13-17)26-25(30)23-20-9-3-4-11-22(20)31-28-23/h1-4,6,8-9,11-15,21H,5,7,10H2,(H,26,30)(H,27,29)/t21-/m0/s1. The Morgan fingerprint density at radius 2 is 1.68 bits per heavy atom. The van der Waals surface area contributed by atoms with Crippen LogP contribution in [0.15, 0.2) is 72.8 Å². The Bertz CT molecular complexity index is 1260. The summed E-state index contributed by atoms with van der Waals surface area (Å²) in [5.74, 6) is -0.362. The first-order valence-corrected chi connectivity index (χ1v) is 11.1. The van der Waals surface area contributed by atoms with Gasteiger partial charge in [0, 0.05) is 16.6 Å². The van der Waals surface area contributed by atoms with Crippen molar-refractivity contribution in [2.45, 2.75) is 25.3 Å². The lowest BCUT2D eigenvalue weighted by atomic mass is 9.87. The van der Waals surface area contributed by atoms with Crippen molar-refractivity contribution >= 4 is 39.1 Å². The molecule has 5 nitrogen and oxygen atoms in total. The van der Waals surface area contributed by atoms with Gasteiger partial charge >= 0.3 is 0 Å². The van der Waals surface area contributed by atoms with Crippen LogP contribution < -0.4 is 10.6 Å². The summed E-state index contributed by atoms with van der Waals surface area (Å²) < 4.78 is 5.26. The Kier molecular flexibility index (Phi) is 5.22. The SMILES string of the molecule is O=C(N[C@H]1CCCc2ccccc21)c1ccc(NC(=O)c2nsc3ccccc23)cc1. The number of rotatable bonds is 4. The third-order valence-corrected chi connectivity index (χ3v) is 6.50. The molecule has 5 rings (SSSR count). The van der Waals surface area contributed by atoms with Crippen molar-refractivity contribution in [3.63, 3.8) is 0 Å². The maximum atomic E-state index is 12.8. The van der Waals surface area contributed by atoms with Crippen LogP contribution in [0.2, 0.25) is 0 Å². The Labute approximate surface area is 184 Å². The van der Waals surface area contributed by atoms with Crippen LogP contribution in [0.5, 0.6) is 0 Å². The average Bonchev–Trinajstić information content (AvgIpc) is 3.24. The molecular weight excluding hydrogens is 406 g/mol. The number of benzene rings is 3. The molecule has 0 unspecified atom stereocenters. The first-order chi connectivity index (χ1) is 15.2. The van der Waals surface area contributed by atoms with Crippen molar-refractivity contribution in [1.82, 2.24) is 9.69 Å². The molecule has 0 aliphatic heterocycles. The lowest BCUT2D eigenvalue weighted by molar-refractivity contribution is 0.0932. The van der Waals surface area contributed by atoms with Crippen LogP contribution >= 0.6 is 11.5 Å². The van der Waals surface area contributed by atoms with Crippen LogP contribution in [-0.4, -0.2) is 16.2 Å². The van der Waals surface area contributed by atoms with Crippen molar-refractivity contribution < 1.29 is 9.59 Å². The molecule has 1 aliphatic rings. The van der Waals surface area contributed by atoms with Gasteiger partial charge in [-0.15, -0.1) is 0 Å². The molecule has 0 saturated carbocycles. The molecule has 1 aromatic heterocycles. The van der Waals surface area contributed by atoms with E-state index in [1.54, 1.807) is 24.3 Å². The number of aromatic nitrogens is 1. The summed E-state index contributed by atoms with van der Waals surface area (Å²) in [5.41, 5.74) is 4.13. The lowest BCUT2D eigenvalue weighted by Crippen LogP contribution is -2.30. The second kappa shape index (κ2) is 8.32. The summed E-state index contributed by atoms with van der Waals surface area (Å²) in [6.07, 6.45) is 3.07. The molecule has 2 N–H and O–H groups in total. The zero-order chi connectivity index (χ0) is 21.2. The van der Waals surface area contributed by atoms with Crippen LogP contribution in [0, 0.1) is 0 Å². The summed E-state index contributed by atoms with van der Waals surface area (Å²) in [4.78, 5) is 25.4. The molecule has 1 atom stereocenters. The first-order valence-electron chi connectivity index (χ1n) is 10.3. The summed E-state index contributed by atoms with van der Waals surface area (Å²) >= 11 is 1.31. The highest BCUT2D eigenvalue weighted by molar-refractivity contribution is 7.13. The molecule has 6 heteroatoms. The molecule has 0 radical (unpaired) electrons. The van der Waals surface area contributed by atoms with E-state index in [0.717, 1.165) is 29.3 Å². The summed E-state index contributed by atoms with van der Waals surface area (Å²) in [6, 6.07) is 23.0. The zero-order valence-electron chi connectivity index (χ0n) is 16.8. The van der Waals surface area contributed by atoms with Crippen molar-refractivity contribution in [2.24, 2.45) is 0 Å². The van der Waals surface area contributed by atoms with Crippen LogP contribution in [0.1, 0.15) is 50.9 Å². The van der Waals surface area contributed by atoms with E-state index in [-0.39, 0.29) is 17.9 Å². The molecule has 0 bridgehead atoms. The fourth-order valence-corrected chi connectivity index (χ4v) is 4.86. The highest BCUT2D eigenvalue weighted by atomic mass is 32.1. The van der Waals surface area contributed by atoms with Gasteiger partial charge in [0.1, 0.15) is 5.69 Å². The van der Waals surface area contributed by atoms with E-state index >= 15 is 0 Å². The number of anilines is 1. The van der Waals surface area contributed by atoms with Crippen molar-refractivity contribution in [3.05, 3.63) is 95.2 Å². The zero-order valence-corrected chi connectivity index (χ0v) is 17.6. The van der Waals surface area contributed by atoms with Gasteiger partial charge in [-0.2, -0.15) is 4.37 Å². The molecule has 2 amide bonds. The summed E-state index contributed by atoms with van der Waals surface area (Å²) in [5, 5.41) is 6.87. The second-order valence-corrected chi connectivity index (χ2v) is 8.48. The number of hydrogen-bond donors (Lipinski definition) is 2. The van der Waals surface area contributed by atoms with E-state index < -0.39 is 0 Å². The minimum absolute atomic E-state index is 0.0368. The highest BCUT2D eigenvalue weighted by Crippen LogP contribution is 2.30. The van der Waals surface area contributed by atoms with E-state index in [1.807, 2.05) is 36.4 Å². The van der Waals surface area contributed by atoms with E-state index in [2.05, 4.69) is 27.1 Å². The topological polar surface area (TPSA) is 71.1 Å². The van der Waals surface area contributed by atoms with Gasteiger partial charge in [-0.1, -0.05) is 42.5 Å². The number of amides is 2. The first kappa shape index (κ1) is 19.5. The highest BCUT2D eigenvalue weighted by Gasteiger charge is 2.22. The van der Waals surface area contributed by atoms with Gasteiger partial charge in [0.15, 0.2) is 0 Å². The molecule has 0 fully saturated rings. The van der Waals surface area contributed by atoms with Gasteiger partial charge in [0.25, 0.3) is 11.8 Å². The normalized spacial score (nSPS) is 15.3. The van der Waals surface area contributed by atoms with E-state index in [4.69, 9.17) is 0 Å². The Balaban J connectivity index is 1.27. The smallest absolute Gasteiger partial charge is 0.276 e. The monoisotopic (exact) mass is 427 g/mol. The molecule has 0 spiro atoms. The molecule has 31 heavy (non-hydrogen) atoms. The fraction of sp³-hybridized carbons (Fsp3) is 0.160. The van der Waals surface area contributed by atoms with Crippen LogP contribution in [0.25, 0.3) is 10.1 Å². The van der Waals surface area contributed by atoms with Crippen LogP contribution in [0.4, 0.5) is 5.69 Å². The van der Waals surface area contributed by atoms with Gasteiger partial charge in [-0.3, -0.25) is 9.59 Å². The van der Waals surface area contributed by atoms with Gasteiger partial charge in [-0.25, -0.2) is 0 Å². The average molecular weight is 428 g/mol. The molecule has 1 aliphatic carbocycles. The van der Waals surface area contributed by atoms with Crippen molar-refractivity contribution in [2.75, 3.05) is 5.32 Å². The third-order valence-electron chi connectivity index (χ3n) is 5.67. The lowest BCUT2D eigenvalue weighted by Gasteiger charge is -2.26. The molecule has 3 aromatic carbocycles. The maximum Gasteiger partial charge on any atom is 0.276 e. The van der Waals surface area contributed by atoms with Crippen molar-refractivity contribution in [1.29, 1.82) is 0 Å². The predicted octanol–water partition coefficient (Wildman–Crippen LogP) is 5.36. The number of fused-ring (bicyclic) bond motifs is 2. The van der Waals surface area contributed by atoms with Crippen LogP contribution in [0.3, 0.4) is 0 Å². The molecule has 1 heterocycles. The number of carbonyl (C=O) groups excluding carboxylic acids is 2. The van der Waals surface area contributed by atoms with Crippen LogP contribution in [-0.2, 0) is 6.42 Å². The number of aryl methyl sites for hydroxylation is 1. The Hall–Kier alpha value is -3.51. The van der Waals surface area contributed by atoms with Gasteiger partial charge in [0.2, 0.25) is 0 Å². The molecule has 0 saturated heterocycles. The largest absolute Gasteiger partial charge is 0.345 e. The fourth-order valence-electron chi connectivity index (χ4n) is 4.09. The summed E-state index contributed by atoms with van der Waals surface area (Å²) in [6.45, 7) is 0. The van der Waals surface area contributed by atoms with Crippen molar-refractivity contribution in [3.8, 4) is 0 Å². The third kappa shape index (κ3) is 3.94. The minimum Gasteiger partial charge on any atom is -0.345 e. The van der Waals surface area contributed by atoms with Gasteiger partial charge < -0.3 is 10.6 Å². The molecule has 4 aromatic rings. The van der Waals surface area contributed by atoms with Gasteiger partial charge in [-0.05, 0) is 72.3 Å². The van der Waals surface area contributed by atoms with E-state index in [0.29, 0.717) is 16.9 Å².